The summed E-state index contributed by atoms with van der Waals surface area (Å²) in [4.78, 5) is 20.5. The lowest BCUT2D eigenvalue weighted by Crippen LogP contribution is -2.50. The monoisotopic (exact) mass is 339 g/mol. The first-order valence-electron chi connectivity index (χ1n) is 8.03. The van der Waals surface area contributed by atoms with Crippen molar-refractivity contribution in [3.8, 4) is 6.07 Å². The summed E-state index contributed by atoms with van der Waals surface area (Å²) in [6.45, 7) is 3.33. The van der Waals surface area contributed by atoms with Crippen LogP contribution in [-0.2, 0) is 0 Å². The quantitative estimate of drug-likeness (QED) is 0.916. The SMILES string of the molecule is N#Cc1cccnc1N1CCN(CNC(=O)c2cccc(F)c2)CC1. The van der Waals surface area contributed by atoms with Gasteiger partial charge < -0.3 is 10.2 Å². The number of aromatic nitrogens is 1. The second kappa shape index (κ2) is 7.73. The Morgan fingerprint density at radius 3 is 2.76 bits per heavy atom. The predicted molar refractivity (Wildman–Crippen MR) is 91.5 cm³/mol. The van der Waals surface area contributed by atoms with Gasteiger partial charge in [0.1, 0.15) is 17.7 Å². The number of amides is 1. The van der Waals surface area contributed by atoms with Crippen LogP contribution in [0.15, 0.2) is 42.6 Å². The Bertz CT molecular complexity index is 796. The van der Waals surface area contributed by atoms with E-state index in [4.69, 9.17) is 0 Å². The van der Waals surface area contributed by atoms with Gasteiger partial charge in [0.2, 0.25) is 0 Å². The van der Waals surface area contributed by atoms with Crippen molar-refractivity contribution < 1.29 is 9.18 Å². The average Bonchev–Trinajstić information content (AvgIpc) is 2.66. The molecule has 0 atom stereocenters. The summed E-state index contributed by atoms with van der Waals surface area (Å²) in [6.07, 6.45) is 1.68. The van der Waals surface area contributed by atoms with Gasteiger partial charge >= 0.3 is 0 Å². The maximum absolute atomic E-state index is 13.2. The molecule has 1 saturated heterocycles. The molecular weight excluding hydrogens is 321 g/mol. The van der Waals surface area contributed by atoms with Gasteiger partial charge in [0, 0.05) is 37.9 Å². The molecule has 0 aliphatic carbocycles. The van der Waals surface area contributed by atoms with Crippen molar-refractivity contribution in [1.82, 2.24) is 15.2 Å². The average molecular weight is 339 g/mol. The zero-order valence-electron chi connectivity index (χ0n) is 13.7. The fraction of sp³-hybridized carbons (Fsp3) is 0.278. The Morgan fingerprint density at radius 2 is 2.04 bits per heavy atom. The van der Waals surface area contributed by atoms with Gasteiger partial charge in [-0.15, -0.1) is 0 Å². The fourth-order valence-electron chi connectivity index (χ4n) is 2.77. The van der Waals surface area contributed by atoms with Crippen LogP contribution in [0.1, 0.15) is 15.9 Å². The van der Waals surface area contributed by atoms with E-state index in [-0.39, 0.29) is 5.91 Å². The Kier molecular flexibility index (Phi) is 5.21. The minimum absolute atomic E-state index is 0.293. The Labute approximate surface area is 145 Å². The molecule has 7 heteroatoms. The van der Waals surface area contributed by atoms with Crippen LogP contribution in [0.25, 0.3) is 0 Å². The lowest BCUT2D eigenvalue weighted by atomic mass is 10.2. The zero-order valence-corrected chi connectivity index (χ0v) is 13.7. The summed E-state index contributed by atoms with van der Waals surface area (Å²) < 4.78 is 13.2. The third-order valence-corrected chi connectivity index (χ3v) is 4.13. The summed E-state index contributed by atoms with van der Waals surface area (Å²) in [5.74, 6) is -0.0169. The Hall–Kier alpha value is -2.98. The first-order chi connectivity index (χ1) is 12.2. The van der Waals surface area contributed by atoms with Gasteiger partial charge in [-0.25, -0.2) is 9.37 Å². The summed E-state index contributed by atoms with van der Waals surface area (Å²) in [7, 11) is 0. The van der Waals surface area contributed by atoms with Gasteiger partial charge in [-0.05, 0) is 30.3 Å². The standard InChI is InChI=1S/C18H18FN5O/c19-16-5-1-3-14(11-16)18(25)22-13-23-7-9-24(10-8-23)17-15(12-20)4-2-6-21-17/h1-6,11H,7-10,13H2,(H,22,25). The summed E-state index contributed by atoms with van der Waals surface area (Å²) in [6, 6.07) is 11.3. The van der Waals surface area contributed by atoms with Crippen molar-refractivity contribution in [3.05, 3.63) is 59.5 Å². The van der Waals surface area contributed by atoms with Crippen LogP contribution in [-0.4, -0.2) is 48.6 Å². The number of piperazine rings is 1. The molecule has 128 valence electrons. The van der Waals surface area contributed by atoms with Crippen LogP contribution in [0.5, 0.6) is 0 Å². The minimum Gasteiger partial charge on any atom is -0.353 e. The third-order valence-electron chi connectivity index (χ3n) is 4.13. The number of nitrogens with one attached hydrogen (secondary N) is 1. The van der Waals surface area contributed by atoms with E-state index in [0.717, 1.165) is 26.2 Å². The number of halogens is 1. The smallest absolute Gasteiger partial charge is 0.252 e. The lowest BCUT2D eigenvalue weighted by Gasteiger charge is -2.35. The van der Waals surface area contributed by atoms with Crippen LogP contribution in [0.4, 0.5) is 10.2 Å². The normalized spacial score (nSPS) is 14.8. The number of pyridine rings is 1. The summed E-state index contributed by atoms with van der Waals surface area (Å²) >= 11 is 0. The second-order valence-electron chi connectivity index (χ2n) is 5.77. The molecule has 0 radical (unpaired) electrons. The molecule has 1 aromatic heterocycles. The maximum Gasteiger partial charge on any atom is 0.252 e. The molecule has 3 rings (SSSR count). The van der Waals surface area contributed by atoms with E-state index in [1.54, 1.807) is 24.4 Å². The highest BCUT2D eigenvalue weighted by molar-refractivity contribution is 5.94. The largest absolute Gasteiger partial charge is 0.353 e. The molecule has 1 N–H and O–H groups in total. The van der Waals surface area contributed by atoms with Crippen LogP contribution in [0.3, 0.4) is 0 Å². The van der Waals surface area contributed by atoms with Gasteiger partial charge in [-0.3, -0.25) is 9.69 Å². The molecule has 2 heterocycles. The summed E-state index contributed by atoms with van der Waals surface area (Å²) in [5, 5.41) is 12.0. The van der Waals surface area contributed by atoms with Crippen molar-refractivity contribution >= 4 is 11.7 Å². The van der Waals surface area contributed by atoms with E-state index in [1.165, 1.54) is 18.2 Å². The highest BCUT2D eigenvalue weighted by Gasteiger charge is 2.20. The van der Waals surface area contributed by atoms with Crippen molar-refractivity contribution in [1.29, 1.82) is 5.26 Å². The van der Waals surface area contributed by atoms with Crippen molar-refractivity contribution in [2.24, 2.45) is 0 Å². The molecule has 1 fully saturated rings. The zero-order chi connectivity index (χ0) is 17.6. The van der Waals surface area contributed by atoms with Crippen LogP contribution in [0.2, 0.25) is 0 Å². The number of benzene rings is 1. The Balaban J connectivity index is 1.51. The van der Waals surface area contributed by atoms with Crippen molar-refractivity contribution in [2.75, 3.05) is 37.7 Å². The number of carbonyl (C=O) groups is 1. The molecular formula is C18H18FN5O. The number of hydrogen-bond donors (Lipinski definition) is 1. The second-order valence-corrected chi connectivity index (χ2v) is 5.77. The first-order valence-corrected chi connectivity index (χ1v) is 8.03. The molecule has 0 bridgehead atoms. The van der Waals surface area contributed by atoms with Crippen LogP contribution >= 0.6 is 0 Å². The van der Waals surface area contributed by atoms with E-state index in [0.29, 0.717) is 23.6 Å². The minimum atomic E-state index is -0.426. The molecule has 2 aromatic rings. The fourth-order valence-corrected chi connectivity index (χ4v) is 2.77. The first kappa shape index (κ1) is 16.9. The topological polar surface area (TPSA) is 72.3 Å². The highest BCUT2D eigenvalue weighted by atomic mass is 19.1. The third kappa shape index (κ3) is 4.11. The van der Waals surface area contributed by atoms with E-state index in [2.05, 4.69) is 26.2 Å². The highest BCUT2D eigenvalue weighted by Crippen LogP contribution is 2.17. The molecule has 1 aromatic carbocycles. The van der Waals surface area contributed by atoms with Crippen LogP contribution in [0, 0.1) is 17.1 Å². The molecule has 0 spiro atoms. The molecule has 1 amide bonds. The van der Waals surface area contributed by atoms with E-state index >= 15 is 0 Å². The predicted octanol–water partition coefficient (Wildman–Crippen LogP) is 1.60. The van der Waals surface area contributed by atoms with Crippen LogP contribution < -0.4 is 10.2 Å². The van der Waals surface area contributed by atoms with E-state index in [9.17, 15) is 14.4 Å². The molecule has 1 aliphatic heterocycles. The number of nitriles is 1. The van der Waals surface area contributed by atoms with Gasteiger partial charge in [-0.1, -0.05) is 6.07 Å². The van der Waals surface area contributed by atoms with E-state index < -0.39 is 5.82 Å². The molecule has 25 heavy (non-hydrogen) atoms. The van der Waals surface area contributed by atoms with E-state index in [1.807, 2.05) is 0 Å². The molecule has 6 nitrogen and oxygen atoms in total. The molecule has 0 unspecified atom stereocenters. The Morgan fingerprint density at radius 1 is 1.24 bits per heavy atom. The van der Waals surface area contributed by atoms with Gasteiger partial charge in [0.15, 0.2) is 0 Å². The number of hydrogen-bond acceptors (Lipinski definition) is 5. The van der Waals surface area contributed by atoms with Gasteiger partial charge in [0.25, 0.3) is 5.91 Å². The number of rotatable bonds is 4. The number of anilines is 1. The van der Waals surface area contributed by atoms with Gasteiger partial charge in [-0.2, -0.15) is 5.26 Å². The number of carbonyl (C=O) groups excluding carboxylic acids is 1. The molecule has 0 saturated carbocycles. The van der Waals surface area contributed by atoms with Crippen molar-refractivity contribution in [2.45, 2.75) is 0 Å². The van der Waals surface area contributed by atoms with Gasteiger partial charge in [0.05, 0.1) is 12.2 Å². The number of nitrogens with zero attached hydrogens (tertiary/aromatic N) is 4. The summed E-state index contributed by atoms with van der Waals surface area (Å²) in [5.41, 5.74) is 0.876. The lowest BCUT2D eigenvalue weighted by molar-refractivity contribution is 0.0919. The van der Waals surface area contributed by atoms with Crippen molar-refractivity contribution in [3.63, 3.8) is 0 Å². The maximum atomic E-state index is 13.2. The molecule has 1 aliphatic rings.